The number of hydrogen-bond donors (Lipinski definition) is 1. The highest BCUT2D eigenvalue weighted by atomic mass is 35.5. The Labute approximate surface area is 208 Å². The highest BCUT2D eigenvalue weighted by molar-refractivity contribution is 7.14. The summed E-state index contributed by atoms with van der Waals surface area (Å²) < 4.78 is 11.0. The average molecular weight is 541 g/mol. The van der Waals surface area contributed by atoms with E-state index in [0.717, 1.165) is 17.0 Å². The summed E-state index contributed by atoms with van der Waals surface area (Å²) in [4.78, 5) is 16.7. The van der Waals surface area contributed by atoms with E-state index < -0.39 is 5.91 Å². The predicted molar refractivity (Wildman–Crippen MR) is 129 cm³/mol. The molecule has 0 aliphatic heterocycles. The number of amides is 1. The van der Waals surface area contributed by atoms with Crippen LogP contribution in [0, 0.1) is 0 Å². The van der Waals surface area contributed by atoms with Crippen LogP contribution in [0.2, 0.25) is 25.1 Å². The van der Waals surface area contributed by atoms with Crippen LogP contribution in [0.1, 0.15) is 13.8 Å². The summed E-state index contributed by atoms with van der Waals surface area (Å²) >= 11 is 31.4. The van der Waals surface area contributed by atoms with Crippen LogP contribution >= 0.6 is 69.3 Å². The van der Waals surface area contributed by atoms with E-state index in [1.165, 1.54) is 11.3 Å². The normalized spacial score (nSPS) is 11.0. The van der Waals surface area contributed by atoms with Gasteiger partial charge >= 0.3 is 0 Å². The van der Waals surface area contributed by atoms with Gasteiger partial charge in [-0.1, -0.05) is 58.0 Å². The Kier molecular flexibility index (Phi) is 8.19. The lowest BCUT2D eigenvalue weighted by Crippen LogP contribution is -2.20. The molecule has 2 aromatic carbocycles. The lowest BCUT2D eigenvalue weighted by molar-refractivity contribution is -0.118. The number of anilines is 1. The molecule has 0 saturated heterocycles. The third-order valence-corrected chi connectivity index (χ3v) is 6.79. The van der Waals surface area contributed by atoms with Crippen LogP contribution in [-0.2, 0) is 4.79 Å². The van der Waals surface area contributed by atoms with Crippen LogP contribution < -0.4 is 14.8 Å². The molecule has 3 rings (SSSR count). The predicted octanol–water partition coefficient (Wildman–Crippen LogP) is 7.88. The van der Waals surface area contributed by atoms with Crippen LogP contribution in [0.15, 0.2) is 29.6 Å². The molecule has 11 heteroatoms. The first-order chi connectivity index (χ1) is 14.7. The molecule has 1 aromatic heterocycles. The van der Waals surface area contributed by atoms with Crippen LogP contribution in [0.4, 0.5) is 5.13 Å². The molecule has 0 radical (unpaired) electrons. The zero-order valence-electron chi connectivity index (χ0n) is 16.1. The largest absolute Gasteiger partial charge is 0.491 e. The number of rotatable bonds is 7. The molecule has 1 amide bonds. The second kappa shape index (κ2) is 10.5. The highest BCUT2D eigenvalue weighted by Crippen LogP contribution is 2.48. The van der Waals surface area contributed by atoms with Crippen LogP contribution in [-0.4, -0.2) is 23.6 Å². The number of ether oxygens (including phenoxy) is 2. The van der Waals surface area contributed by atoms with Gasteiger partial charge in [0.1, 0.15) is 15.8 Å². The summed E-state index contributed by atoms with van der Waals surface area (Å²) in [6, 6.07) is 7.55. The number of hydrogen-bond acceptors (Lipinski definition) is 5. The summed E-state index contributed by atoms with van der Waals surface area (Å²) in [5.41, 5.74) is 1.62. The number of carbonyl (C=O) groups is 1. The van der Waals surface area contributed by atoms with E-state index in [-0.39, 0.29) is 43.6 Å². The van der Waals surface area contributed by atoms with Gasteiger partial charge in [-0.3, -0.25) is 10.1 Å². The van der Waals surface area contributed by atoms with Gasteiger partial charge in [0.15, 0.2) is 17.5 Å². The molecule has 164 valence electrons. The Morgan fingerprint density at radius 2 is 1.58 bits per heavy atom. The van der Waals surface area contributed by atoms with Crippen molar-refractivity contribution in [3.05, 3.63) is 54.8 Å². The van der Waals surface area contributed by atoms with Crippen molar-refractivity contribution in [2.45, 2.75) is 20.0 Å². The molecule has 0 aliphatic rings. The van der Waals surface area contributed by atoms with Gasteiger partial charge in [0.2, 0.25) is 0 Å². The van der Waals surface area contributed by atoms with E-state index in [1.807, 2.05) is 43.5 Å². The van der Waals surface area contributed by atoms with Crippen molar-refractivity contribution in [3.63, 3.8) is 0 Å². The van der Waals surface area contributed by atoms with Crippen molar-refractivity contribution >= 4 is 80.4 Å². The van der Waals surface area contributed by atoms with Gasteiger partial charge in [0.25, 0.3) is 5.91 Å². The summed E-state index contributed by atoms with van der Waals surface area (Å²) in [6.07, 6.45) is 0.0962. The molecular formula is C20H15Cl5N2O3S. The number of carbonyl (C=O) groups excluding carboxylic acids is 1. The second-order valence-electron chi connectivity index (χ2n) is 6.46. The van der Waals surface area contributed by atoms with Crippen molar-refractivity contribution in [1.82, 2.24) is 4.98 Å². The standard InChI is InChI=1S/C20H15Cl5N2O3S/c1-9(2)30-11-5-3-10(4-6-11)12-8-31-20(26-12)27-13(28)7-29-19-17(24)15(22)14(21)16(23)18(19)25/h3-6,8-9H,7H2,1-2H3,(H,26,27,28). The Bertz CT molecular complexity index is 1070. The first-order valence-corrected chi connectivity index (χ1v) is 11.6. The first kappa shape index (κ1) is 24.2. The molecule has 1 heterocycles. The van der Waals surface area contributed by atoms with Gasteiger partial charge in [-0.2, -0.15) is 0 Å². The SMILES string of the molecule is CC(C)Oc1ccc(-c2csc(NC(=O)COc3c(Cl)c(Cl)c(Cl)c(Cl)c3Cl)n2)cc1. The van der Waals surface area contributed by atoms with E-state index in [2.05, 4.69) is 10.3 Å². The van der Waals surface area contributed by atoms with E-state index in [9.17, 15) is 4.79 Å². The lowest BCUT2D eigenvalue weighted by atomic mass is 10.2. The molecule has 0 atom stereocenters. The monoisotopic (exact) mass is 538 g/mol. The number of nitrogens with one attached hydrogen (secondary N) is 1. The molecule has 1 N–H and O–H groups in total. The maximum Gasteiger partial charge on any atom is 0.264 e. The van der Waals surface area contributed by atoms with Crippen molar-refractivity contribution in [1.29, 1.82) is 0 Å². The summed E-state index contributed by atoms with van der Waals surface area (Å²) in [7, 11) is 0. The molecule has 5 nitrogen and oxygen atoms in total. The molecule has 0 aliphatic carbocycles. The third kappa shape index (κ3) is 5.89. The Morgan fingerprint density at radius 1 is 1.00 bits per heavy atom. The maximum absolute atomic E-state index is 12.3. The number of thiazole rings is 1. The molecule has 3 aromatic rings. The van der Waals surface area contributed by atoms with Gasteiger partial charge in [0.05, 0.1) is 26.9 Å². The number of benzene rings is 2. The summed E-state index contributed by atoms with van der Waals surface area (Å²) in [6.45, 7) is 3.54. The van der Waals surface area contributed by atoms with Crippen molar-refractivity contribution in [3.8, 4) is 22.8 Å². The number of halogens is 5. The molecular weight excluding hydrogens is 526 g/mol. The highest BCUT2D eigenvalue weighted by Gasteiger charge is 2.21. The zero-order chi connectivity index (χ0) is 22.7. The van der Waals surface area contributed by atoms with Crippen LogP contribution in [0.25, 0.3) is 11.3 Å². The summed E-state index contributed by atoms with van der Waals surface area (Å²) in [5.74, 6) is 0.289. The second-order valence-corrected chi connectivity index (χ2v) is 9.21. The van der Waals surface area contributed by atoms with E-state index in [0.29, 0.717) is 5.13 Å². The minimum atomic E-state index is -0.462. The molecule has 0 spiro atoms. The van der Waals surface area contributed by atoms with Gasteiger partial charge in [0, 0.05) is 10.9 Å². The fraction of sp³-hybridized carbons (Fsp3) is 0.200. The molecule has 0 fully saturated rings. The maximum atomic E-state index is 12.3. The van der Waals surface area contributed by atoms with Crippen molar-refractivity contribution in [2.75, 3.05) is 11.9 Å². The topological polar surface area (TPSA) is 60.5 Å². The molecule has 0 unspecified atom stereocenters. The summed E-state index contributed by atoms with van der Waals surface area (Å²) in [5, 5.41) is 4.83. The Balaban J connectivity index is 1.63. The molecule has 31 heavy (non-hydrogen) atoms. The van der Waals surface area contributed by atoms with E-state index >= 15 is 0 Å². The average Bonchev–Trinajstić information content (AvgIpc) is 3.19. The first-order valence-electron chi connectivity index (χ1n) is 8.84. The van der Waals surface area contributed by atoms with Gasteiger partial charge in [-0.25, -0.2) is 4.98 Å². The van der Waals surface area contributed by atoms with Gasteiger partial charge < -0.3 is 9.47 Å². The minimum absolute atomic E-state index is 0.00857. The minimum Gasteiger partial charge on any atom is -0.491 e. The lowest BCUT2D eigenvalue weighted by Gasteiger charge is -2.13. The smallest absolute Gasteiger partial charge is 0.264 e. The van der Waals surface area contributed by atoms with Crippen LogP contribution in [0.5, 0.6) is 11.5 Å². The quantitative estimate of drug-likeness (QED) is 0.245. The fourth-order valence-corrected chi connectivity index (χ4v) is 4.41. The number of aromatic nitrogens is 1. The van der Waals surface area contributed by atoms with E-state index in [4.69, 9.17) is 67.5 Å². The fourth-order valence-electron chi connectivity index (χ4n) is 2.44. The Morgan fingerprint density at radius 3 is 2.16 bits per heavy atom. The van der Waals surface area contributed by atoms with Crippen molar-refractivity contribution < 1.29 is 14.3 Å². The van der Waals surface area contributed by atoms with Crippen LogP contribution in [0.3, 0.4) is 0 Å². The third-order valence-electron chi connectivity index (χ3n) is 3.79. The van der Waals surface area contributed by atoms with Crippen molar-refractivity contribution in [2.24, 2.45) is 0 Å². The van der Waals surface area contributed by atoms with E-state index in [1.54, 1.807) is 0 Å². The number of nitrogens with zero attached hydrogens (tertiary/aromatic N) is 1. The molecule has 0 saturated carbocycles. The Hall–Kier alpha value is -1.41. The molecule has 0 bridgehead atoms. The van der Waals surface area contributed by atoms with Gasteiger partial charge in [-0.15, -0.1) is 11.3 Å². The zero-order valence-corrected chi connectivity index (χ0v) is 20.7. The van der Waals surface area contributed by atoms with Gasteiger partial charge in [-0.05, 0) is 38.1 Å².